The molecule has 0 aliphatic rings. The lowest BCUT2D eigenvalue weighted by molar-refractivity contribution is -0.148. The highest BCUT2D eigenvalue weighted by atomic mass is 16.7. The van der Waals surface area contributed by atoms with E-state index in [0.29, 0.717) is 19.6 Å². The van der Waals surface area contributed by atoms with Gasteiger partial charge in [-0.1, -0.05) is 30.3 Å². The summed E-state index contributed by atoms with van der Waals surface area (Å²) in [5.74, 6) is -0.335. The molecule has 0 saturated carbocycles. The Morgan fingerprint density at radius 1 is 1.08 bits per heavy atom. The predicted molar refractivity (Wildman–Crippen MR) is 91.8 cm³/mol. The van der Waals surface area contributed by atoms with Crippen LogP contribution in [-0.4, -0.2) is 44.7 Å². The molecule has 140 valence electrons. The number of hydrogen-bond acceptors (Lipinski definition) is 6. The molecule has 0 radical (unpaired) electrons. The van der Waals surface area contributed by atoms with E-state index in [-0.39, 0.29) is 19.0 Å². The molecule has 0 heterocycles. The summed E-state index contributed by atoms with van der Waals surface area (Å²) >= 11 is 0. The van der Waals surface area contributed by atoms with E-state index >= 15 is 0 Å². The lowest BCUT2D eigenvalue weighted by Crippen LogP contribution is -2.46. The maximum Gasteiger partial charge on any atom is 0.407 e. The van der Waals surface area contributed by atoms with Crippen LogP contribution in [0, 0.1) is 0 Å². The molecule has 0 aromatic heterocycles. The van der Waals surface area contributed by atoms with Crippen LogP contribution < -0.4 is 5.32 Å². The maximum absolute atomic E-state index is 12.1. The Hall–Kier alpha value is -2.12. The van der Waals surface area contributed by atoms with Gasteiger partial charge in [0.1, 0.15) is 6.61 Å². The van der Waals surface area contributed by atoms with Crippen molar-refractivity contribution in [3.8, 4) is 0 Å². The van der Waals surface area contributed by atoms with Crippen LogP contribution in [0.25, 0.3) is 0 Å². The highest BCUT2D eigenvalue weighted by molar-refractivity contribution is 5.70. The summed E-state index contributed by atoms with van der Waals surface area (Å²) < 4.78 is 20.8. The molecule has 0 aliphatic heterocycles. The van der Waals surface area contributed by atoms with E-state index in [1.165, 1.54) is 7.11 Å². The molecule has 0 aliphatic carbocycles. The van der Waals surface area contributed by atoms with E-state index in [0.717, 1.165) is 5.56 Å². The van der Waals surface area contributed by atoms with Crippen molar-refractivity contribution in [1.82, 2.24) is 5.32 Å². The highest BCUT2D eigenvalue weighted by Gasteiger charge is 2.25. The summed E-state index contributed by atoms with van der Waals surface area (Å²) in [6.07, 6.45) is -0.814. The third-order valence-corrected chi connectivity index (χ3v) is 3.37. The minimum absolute atomic E-state index is 0.143. The molecule has 25 heavy (non-hydrogen) atoms. The summed E-state index contributed by atoms with van der Waals surface area (Å²) in [5, 5.41) is 2.70. The first-order valence-electron chi connectivity index (χ1n) is 8.37. The van der Waals surface area contributed by atoms with Gasteiger partial charge in [0.05, 0.1) is 12.6 Å². The van der Waals surface area contributed by atoms with Crippen molar-refractivity contribution in [2.75, 3.05) is 20.3 Å². The van der Waals surface area contributed by atoms with E-state index in [1.807, 2.05) is 37.3 Å². The van der Waals surface area contributed by atoms with Crippen molar-refractivity contribution in [3.63, 3.8) is 0 Å². The summed E-state index contributed by atoms with van der Waals surface area (Å²) in [6, 6.07) is 8.83. The Kier molecular flexibility index (Phi) is 10.3. The first-order chi connectivity index (χ1) is 12.1. The summed E-state index contributed by atoms with van der Waals surface area (Å²) in [6.45, 7) is 4.45. The molecule has 0 bridgehead atoms. The first-order valence-corrected chi connectivity index (χ1v) is 8.37. The molecule has 1 aromatic carbocycles. The van der Waals surface area contributed by atoms with Gasteiger partial charge in [-0.15, -0.1) is 0 Å². The normalized spacial score (nSPS) is 12.9. The van der Waals surface area contributed by atoms with Gasteiger partial charge >= 0.3 is 12.1 Å². The number of carbonyl (C=O) groups excluding carboxylic acids is 2. The van der Waals surface area contributed by atoms with Gasteiger partial charge in [-0.3, -0.25) is 4.79 Å². The number of amides is 1. The number of carbonyl (C=O) groups is 2. The third-order valence-electron chi connectivity index (χ3n) is 3.37. The van der Waals surface area contributed by atoms with Crippen LogP contribution in [0.2, 0.25) is 0 Å². The zero-order chi connectivity index (χ0) is 18.5. The molecule has 1 N–H and O–H groups in total. The van der Waals surface area contributed by atoms with Crippen LogP contribution >= 0.6 is 0 Å². The van der Waals surface area contributed by atoms with Gasteiger partial charge in [-0.2, -0.15) is 0 Å². The lowest BCUT2D eigenvalue weighted by atomic mass is 10.1. The third kappa shape index (κ3) is 8.51. The van der Waals surface area contributed by atoms with Gasteiger partial charge in [0.25, 0.3) is 0 Å². The number of hydrogen-bond donors (Lipinski definition) is 1. The van der Waals surface area contributed by atoms with Gasteiger partial charge in [-0.25, -0.2) is 4.79 Å². The molecule has 2 unspecified atom stereocenters. The summed E-state index contributed by atoms with van der Waals surface area (Å²) in [7, 11) is 1.48. The van der Waals surface area contributed by atoms with E-state index in [1.54, 1.807) is 6.92 Å². The van der Waals surface area contributed by atoms with Crippen LogP contribution in [0.3, 0.4) is 0 Å². The minimum atomic E-state index is -0.677. The van der Waals surface area contributed by atoms with E-state index < -0.39 is 18.4 Å². The molecule has 1 aromatic rings. The molecule has 1 amide bonds. The van der Waals surface area contributed by atoms with Crippen LogP contribution in [0.15, 0.2) is 30.3 Å². The average Bonchev–Trinajstić information content (AvgIpc) is 2.62. The average molecular weight is 353 g/mol. The molecule has 7 nitrogen and oxygen atoms in total. The topological polar surface area (TPSA) is 83.1 Å². The highest BCUT2D eigenvalue weighted by Crippen LogP contribution is 2.10. The fourth-order valence-corrected chi connectivity index (χ4v) is 2.21. The Labute approximate surface area is 148 Å². The standard InChI is InChI=1S/C18H27NO6/c1-4-23-16(20)12-11-15(17(22-3)24-5-2)19-18(21)25-13-14-9-7-6-8-10-14/h6-10,15,17H,4-5,11-13H2,1-3H3,(H,19,21). The Bertz CT molecular complexity index is 508. The monoisotopic (exact) mass is 353 g/mol. The van der Waals surface area contributed by atoms with Gasteiger partial charge in [0.15, 0.2) is 6.29 Å². The molecule has 2 atom stereocenters. The molecule has 0 spiro atoms. The zero-order valence-corrected chi connectivity index (χ0v) is 15.0. The molecule has 1 rings (SSSR count). The first kappa shape index (κ1) is 20.9. The second kappa shape index (κ2) is 12.3. The second-order valence-electron chi connectivity index (χ2n) is 5.22. The number of alkyl carbamates (subject to hydrolysis) is 1. The minimum Gasteiger partial charge on any atom is -0.466 e. The summed E-state index contributed by atoms with van der Waals surface area (Å²) in [4.78, 5) is 23.6. The molecular weight excluding hydrogens is 326 g/mol. The van der Waals surface area contributed by atoms with Crippen LogP contribution in [0.1, 0.15) is 32.3 Å². The van der Waals surface area contributed by atoms with Gasteiger partial charge in [-0.05, 0) is 25.8 Å². The number of benzene rings is 1. The van der Waals surface area contributed by atoms with Crippen molar-refractivity contribution in [1.29, 1.82) is 0 Å². The smallest absolute Gasteiger partial charge is 0.407 e. The molecular formula is C18H27NO6. The molecule has 7 heteroatoms. The Morgan fingerprint density at radius 2 is 1.80 bits per heavy atom. The molecule has 0 saturated heterocycles. The number of esters is 1. The number of ether oxygens (including phenoxy) is 4. The summed E-state index contributed by atoms with van der Waals surface area (Å²) in [5.41, 5.74) is 0.883. The van der Waals surface area contributed by atoms with Crippen molar-refractivity contribution >= 4 is 12.1 Å². The zero-order valence-electron chi connectivity index (χ0n) is 15.0. The number of rotatable bonds is 11. The van der Waals surface area contributed by atoms with E-state index in [9.17, 15) is 9.59 Å². The SMILES string of the molecule is CCOC(=O)CCC(NC(=O)OCc1ccccc1)C(OC)OCC. The van der Waals surface area contributed by atoms with Gasteiger partial charge in [0, 0.05) is 20.1 Å². The molecule has 0 fully saturated rings. The van der Waals surface area contributed by atoms with E-state index in [4.69, 9.17) is 18.9 Å². The maximum atomic E-state index is 12.1. The van der Waals surface area contributed by atoms with Crippen LogP contribution in [0.5, 0.6) is 0 Å². The Morgan fingerprint density at radius 3 is 2.40 bits per heavy atom. The second-order valence-corrected chi connectivity index (χ2v) is 5.22. The van der Waals surface area contributed by atoms with Gasteiger partial charge < -0.3 is 24.3 Å². The van der Waals surface area contributed by atoms with Crippen LogP contribution in [0.4, 0.5) is 4.79 Å². The fraction of sp³-hybridized carbons (Fsp3) is 0.556. The lowest BCUT2D eigenvalue weighted by Gasteiger charge is -2.26. The van der Waals surface area contributed by atoms with Crippen LogP contribution in [-0.2, 0) is 30.3 Å². The largest absolute Gasteiger partial charge is 0.466 e. The van der Waals surface area contributed by atoms with Crippen molar-refractivity contribution in [2.45, 2.75) is 45.6 Å². The predicted octanol–water partition coefficient (Wildman–Crippen LogP) is 2.63. The van der Waals surface area contributed by atoms with E-state index in [2.05, 4.69) is 5.32 Å². The fourth-order valence-electron chi connectivity index (χ4n) is 2.21. The van der Waals surface area contributed by atoms with Gasteiger partial charge in [0.2, 0.25) is 0 Å². The van der Waals surface area contributed by atoms with Crippen molar-refractivity contribution < 1.29 is 28.5 Å². The van der Waals surface area contributed by atoms with Crippen molar-refractivity contribution in [2.24, 2.45) is 0 Å². The quantitative estimate of drug-likeness (QED) is 0.486. The number of nitrogens with one attached hydrogen (secondary N) is 1. The van der Waals surface area contributed by atoms with Crippen molar-refractivity contribution in [3.05, 3.63) is 35.9 Å². The number of methoxy groups -OCH3 is 1. The Balaban J connectivity index is 2.57.